The number of aromatic nitrogens is 12. The summed E-state index contributed by atoms with van der Waals surface area (Å²) in [5.41, 5.74) is 15.1. The van der Waals surface area contributed by atoms with Gasteiger partial charge in [-0.05, 0) is 0 Å². The SMILES string of the molecule is Nc1ncnc2nc[nH]c12.Nc1ncnc2nc[nH]c12.c1ncc2[nH]cnc2n1. The van der Waals surface area contributed by atoms with E-state index in [4.69, 9.17) is 11.5 Å². The summed E-state index contributed by atoms with van der Waals surface area (Å²) in [4.78, 5) is 43.2. The van der Waals surface area contributed by atoms with Crippen LogP contribution in [0.5, 0.6) is 0 Å². The van der Waals surface area contributed by atoms with Crippen LogP contribution in [0, 0.1) is 0 Å². The van der Waals surface area contributed by atoms with E-state index in [1.54, 1.807) is 12.5 Å². The first-order valence-corrected chi connectivity index (χ1v) is 8.10. The zero-order valence-electron chi connectivity index (χ0n) is 14.7. The van der Waals surface area contributed by atoms with Gasteiger partial charge in [-0.15, -0.1) is 0 Å². The lowest BCUT2D eigenvalue weighted by molar-refractivity contribution is 1.20. The van der Waals surface area contributed by atoms with Gasteiger partial charge in [0.15, 0.2) is 28.6 Å². The predicted molar refractivity (Wildman–Crippen MR) is 104 cm³/mol. The summed E-state index contributed by atoms with van der Waals surface area (Å²) in [7, 11) is 0. The van der Waals surface area contributed by atoms with Crippen molar-refractivity contribution in [2.75, 3.05) is 11.5 Å². The van der Waals surface area contributed by atoms with Crippen molar-refractivity contribution in [1.29, 1.82) is 0 Å². The maximum atomic E-state index is 5.48. The molecule has 7 N–H and O–H groups in total. The molecule has 0 radical (unpaired) electrons. The van der Waals surface area contributed by atoms with Gasteiger partial charge in [-0.1, -0.05) is 0 Å². The number of nitrogens with zero attached hydrogens (tertiary/aromatic N) is 9. The molecule has 6 aromatic heterocycles. The Labute approximate surface area is 161 Å². The summed E-state index contributed by atoms with van der Waals surface area (Å²) in [5.74, 6) is 0.866. The first kappa shape index (κ1) is 17.7. The van der Waals surface area contributed by atoms with Gasteiger partial charge in [-0.3, -0.25) is 0 Å². The van der Waals surface area contributed by atoms with Crippen molar-refractivity contribution >= 4 is 45.1 Å². The average molecular weight is 390 g/mol. The number of nitrogens with one attached hydrogen (secondary N) is 3. The van der Waals surface area contributed by atoms with Crippen LogP contribution < -0.4 is 11.5 Å². The molecule has 0 unspecified atom stereocenters. The summed E-state index contributed by atoms with van der Waals surface area (Å²) in [6.45, 7) is 0. The molecule has 0 bridgehead atoms. The van der Waals surface area contributed by atoms with Gasteiger partial charge in [-0.25, -0.2) is 44.9 Å². The van der Waals surface area contributed by atoms with Crippen molar-refractivity contribution < 1.29 is 0 Å². The van der Waals surface area contributed by atoms with E-state index in [0.29, 0.717) is 39.6 Å². The van der Waals surface area contributed by atoms with Crippen LogP contribution in [0.4, 0.5) is 11.6 Å². The molecule has 0 aliphatic carbocycles. The van der Waals surface area contributed by atoms with Crippen LogP contribution in [-0.4, -0.2) is 59.8 Å². The van der Waals surface area contributed by atoms with Crippen LogP contribution in [-0.2, 0) is 0 Å². The summed E-state index contributed by atoms with van der Waals surface area (Å²) in [5, 5.41) is 0. The Bertz CT molecular complexity index is 1250. The number of imidazole rings is 3. The monoisotopic (exact) mass is 390 g/mol. The second-order valence-electron chi connectivity index (χ2n) is 5.38. The Morgan fingerprint density at radius 2 is 1.07 bits per heavy atom. The molecule has 0 aliphatic heterocycles. The van der Waals surface area contributed by atoms with E-state index in [0.717, 1.165) is 5.52 Å². The van der Waals surface area contributed by atoms with Gasteiger partial charge >= 0.3 is 0 Å². The Kier molecular flexibility index (Phi) is 4.79. The van der Waals surface area contributed by atoms with Gasteiger partial charge in [-0.2, -0.15) is 0 Å². The molecular weight excluding hydrogens is 376 g/mol. The smallest absolute Gasteiger partial charge is 0.182 e. The molecule has 0 atom stereocenters. The molecule has 0 spiro atoms. The van der Waals surface area contributed by atoms with E-state index >= 15 is 0 Å². The van der Waals surface area contributed by atoms with E-state index in [9.17, 15) is 0 Å². The van der Waals surface area contributed by atoms with Crippen LogP contribution in [0.25, 0.3) is 33.5 Å². The van der Waals surface area contributed by atoms with Gasteiger partial charge < -0.3 is 26.4 Å². The van der Waals surface area contributed by atoms with E-state index in [2.05, 4.69) is 59.8 Å². The van der Waals surface area contributed by atoms with Gasteiger partial charge in [0.25, 0.3) is 0 Å². The summed E-state index contributed by atoms with van der Waals surface area (Å²) in [6, 6.07) is 0. The number of nitrogens with two attached hydrogens (primary N) is 2. The quantitative estimate of drug-likeness (QED) is 0.236. The number of hydrogen-bond donors (Lipinski definition) is 5. The lowest BCUT2D eigenvalue weighted by atomic mass is 10.5. The van der Waals surface area contributed by atoms with Crippen LogP contribution in [0.2, 0.25) is 0 Å². The first-order valence-electron chi connectivity index (χ1n) is 8.10. The molecule has 14 heteroatoms. The number of anilines is 2. The van der Waals surface area contributed by atoms with E-state index in [1.807, 2.05) is 0 Å². The molecule has 0 fully saturated rings. The minimum absolute atomic E-state index is 0.433. The largest absolute Gasteiger partial charge is 0.382 e. The lowest BCUT2D eigenvalue weighted by Gasteiger charge is -1.89. The van der Waals surface area contributed by atoms with Crippen LogP contribution >= 0.6 is 0 Å². The molecule has 0 saturated heterocycles. The molecule has 6 aromatic rings. The molecular formula is C15H14N14. The highest BCUT2D eigenvalue weighted by molar-refractivity contribution is 5.80. The van der Waals surface area contributed by atoms with Crippen molar-refractivity contribution in [3.8, 4) is 0 Å². The fraction of sp³-hybridized carbons (Fsp3) is 0. The zero-order valence-corrected chi connectivity index (χ0v) is 14.7. The van der Waals surface area contributed by atoms with Crippen molar-refractivity contribution in [3.63, 3.8) is 0 Å². The van der Waals surface area contributed by atoms with Crippen LogP contribution in [0.1, 0.15) is 0 Å². The lowest BCUT2D eigenvalue weighted by Crippen LogP contribution is -1.91. The Hall–Kier alpha value is -4.75. The minimum atomic E-state index is 0.433. The zero-order chi connectivity index (χ0) is 20.1. The topological polar surface area (TPSA) is 215 Å². The normalized spacial score (nSPS) is 10.3. The molecule has 144 valence electrons. The van der Waals surface area contributed by atoms with Gasteiger partial charge in [0.05, 0.1) is 25.2 Å². The van der Waals surface area contributed by atoms with Gasteiger partial charge in [0, 0.05) is 0 Å². The Balaban J connectivity index is 0.000000106. The van der Waals surface area contributed by atoms with Crippen molar-refractivity contribution in [2.45, 2.75) is 0 Å². The predicted octanol–water partition coefficient (Wildman–Crippen LogP) is 0.223. The average Bonchev–Trinajstić information content (AvgIpc) is 3.49. The van der Waals surface area contributed by atoms with Crippen LogP contribution in [0.3, 0.4) is 0 Å². The minimum Gasteiger partial charge on any atom is -0.382 e. The highest BCUT2D eigenvalue weighted by Gasteiger charge is 2.00. The van der Waals surface area contributed by atoms with E-state index < -0.39 is 0 Å². The number of rotatable bonds is 0. The number of fused-ring (bicyclic) bond motifs is 3. The second-order valence-corrected chi connectivity index (χ2v) is 5.38. The number of H-pyrrole nitrogens is 3. The second kappa shape index (κ2) is 7.87. The molecule has 29 heavy (non-hydrogen) atoms. The molecule has 0 saturated carbocycles. The van der Waals surface area contributed by atoms with E-state index in [1.165, 1.54) is 31.6 Å². The fourth-order valence-electron chi connectivity index (χ4n) is 2.26. The number of aromatic amines is 3. The summed E-state index contributed by atoms with van der Waals surface area (Å²) < 4.78 is 0. The molecule has 0 amide bonds. The standard InChI is InChI=1S/2C5H5N5.C5H4N4/c2*6-4-3-5(9-1-7-3)10-2-8-4;1-4-5(8-2-6-1)9-3-7-4/h2*1-2H,(H3,6,7,8,9,10);1-3H,(H,6,7,8,9). The van der Waals surface area contributed by atoms with E-state index in [-0.39, 0.29) is 0 Å². The molecule has 6 rings (SSSR count). The third-order valence-electron chi connectivity index (χ3n) is 3.60. The third kappa shape index (κ3) is 3.85. The molecule has 0 aromatic carbocycles. The molecule has 6 heterocycles. The van der Waals surface area contributed by atoms with Crippen molar-refractivity contribution in [3.05, 3.63) is 44.2 Å². The van der Waals surface area contributed by atoms with Gasteiger partial charge in [0.2, 0.25) is 0 Å². The highest BCUT2D eigenvalue weighted by Crippen LogP contribution is 2.10. The number of nitrogen functional groups attached to an aromatic ring is 2. The highest BCUT2D eigenvalue weighted by atomic mass is 15.0. The summed E-state index contributed by atoms with van der Waals surface area (Å²) >= 11 is 0. The molecule has 14 nitrogen and oxygen atoms in total. The fourth-order valence-corrected chi connectivity index (χ4v) is 2.26. The maximum Gasteiger partial charge on any atom is 0.182 e. The third-order valence-corrected chi connectivity index (χ3v) is 3.60. The molecule has 0 aliphatic rings. The maximum absolute atomic E-state index is 5.48. The van der Waals surface area contributed by atoms with Crippen molar-refractivity contribution in [2.24, 2.45) is 0 Å². The summed E-state index contributed by atoms with van der Waals surface area (Å²) in [6.07, 6.45) is 10.6. The Morgan fingerprint density at radius 3 is 1.62 bits per heavy atom. The van der Waals surface area contributed by atoms with Crippen LogP contribution in [0.15, 0.2) is 44.2 Å². The first-order chi connectivity index (χ1) is 14.2. The van der Waals surface area contributed by atoms with Crippen molar-refractivity contribution in [1.82, 2.24) is 59.8 Å². The van der Waals surface area contributed by atoms with Gasteiger partial charge in [0.1, 0.15) is 35.5 Å². The Morgan fingerprint density at radius 1 is 0.552 bits per heavy atom. The number of hydrogen-bond acceptors (Lipinski definition) is 11.